The SMILES string of the molecule is Cn1c(=O)n(Cc2ccc(Cl)c(Cl)c2)c(=O)c2c1nc1oc(-c3ccc(F)cc3)cn12. The molecule has 0 unspecified atom stereocenters. The second-order valence-electron chi connectivity index (χ2n) is 7.02. The van der Waals surface area contributed by atoms with Crippen LogP contribution in [0.15, 0.2) is 62.7 Å². The van der Waals surface area contributed by atoms with Crippen molar-refractivity contribution in [3.8, 4) is 11.3 Å². The van der Waals surface area contributed by atoms with E-state index in [2.05, 4.69) is 4.98 Å². The number of oxazole rings is 1. The molecule has 0 saturated carbocycles. The van der Waals surface area contributed by atoms with Crippen molar-refractivity contribution < 1.29 is 8.81 Å². The van der Waals surface area contributed by atoms with E-state index in [0.717, 1.165) is 4.57 Å². The Kier molecular flexibility index (Phi) is 4.49. The van der Waals surface area contributed by atoms with Gasteiger partial charge in [-0.15, -0.1) is 0 Å². The van der Waals surface area contributed by atoms with Gasteiger partial charge in [0.1, 0.15) is 5.82 Å². The van der Waals surface area contributed by atoms with Crippen LogP contribution in [0.5, 0.6) is 0 Å². The van der Waals surface area contributed by atoms with Gasteiger partial charge in [0.25, 0.3) is 5.56 Å². The molecule has 0 N–H and O–H groups in total. The van der Waals surface area contributed by atoms with Crippen LogP contribution in [0.4, 0.5) is 4.39 Å². The Balaban J connectivity index is 1.70. The molecular formula is C21H13Cl2FN4O3. The zero-order valence-corrected chi connectivity index (χ0v) is 17.5. The fourth-order valence-corrected chi connectivity index (χ4v) is 3.78. The molecular weight excluding hydrogens is 446 g/mol. The Hall–Kier alpha value is -3.36. The topological polar surface area (TPSA) is 74.4 Å². The molecule has 31 heavy (non-hydrogen) atoms. The minimum Gasteiger partial charge on any atom is -0.423 e. The molecule has 0 saturated heterocycles. The Morgan fingerprint density at radius 1 is 1.06 bits per heavy atom. The Labute approximate surface area is 183 Å². The Bertz CT molecular complexity index is 1600. The molecule has 7 nitrogen and oxygen atoms in total. The van der Waals surface area contributed by atoms with Crippen molar-refractivity contribution in [2.45, 2.75) is 6.54 Å². The number of nitrogens with zero attached hydrogens (tertiary/aromatic N) is 4. The van der Waals surface area contributed by atoms with Gasteiger partial charge in [-0.05, 0) is 42.0 Å². The number of halogens is 3. The summed E-state index contributed by atoms with van der Waals surface area (Å²) < 4.78 is 22.8. The normalized spacial score (nSPS) is 11.6. The highest BCUT2D eigenvalue weighted by atomic mass is 35.5. The first-order valence-corrected chi connectivity index (χ1v) is 9.90. The van der Waals surface area contributed by atoms with Crippen molar-refractivity contribution >= 4 is 40.2 Å². The second kappa shape index (κ2) is 7.11. The molecule has 0 bridgehead atoms. The average molecular weight is 459 g/mol. The van der Waals surface area contributed by atoms with Crippen LogP contribution >= 0.6 is 23.2 Å². The third kappa shape index (κ3) is 3.15. The summed E-state index contributed by atoms with van der Waals surface area (Å²) >= 11 is 12.0. The maximum absolute atomic E-state index is 13.3. The number of hydrogen-bond donors (Lipinski definition) is 0. The highest BCUT2D eigenvalue weighted by molar-refractivity contribution is 6.42. The minimum atomic E-state index is -0.525. The standard InChI is InChI=1S/C21H13Cl2FN4O3/c1-26-18-17(19(29)28(21(26)30)9-11-2-7-14(22)15(23)8-11)27-10-16(31-20(27)25-18)12-3-5-13(24)6-4-12/h2-8,10H,9H2,1H3. The lowest BCUT2D eigenvalue weighted by Crippen LogP contribution is -2.39. The average Bonchev–Trinajstić information content (AvgIpc) is 3.31. The molecule has 0 radical (unpaired) electrons. The van der Waals surface area contributed by atoms with Crippen LogP contribution in [0.3, 0.4) is 0 Å². The summed E-state index contributed by atoms with van der Waals surface area (Å²) in [5.74, 6) is 0.188. The molecule has 3 heterocycles. The van der Waals surface area contributed by atoms with Crippen LogP contribution in [0, 0.1) is 5.82 Å². The van der Waals surface area contributed by atoms with E-state index in [1.807, 2.05) is 0 Å². The summed E-state index contributed by atoms with van der Waals surface area (Å²) in [6.45, 7) is 0.00817. The van der Waals surface area contributed by atoms with Crippen LogP contribution in [-0.2, 0) is 13.6 Å². The Morgan fingerprint density at radius 3 is 2.52 bits per heavy atom. The number of rotatable bonds is 3. The first-order chi connectivity index (χ1) is 14.8. The van der Waals surface area contributed by atoms with Gasteiger partial charge in [0.15, 0.2) is 16.9 Å². The summed E-state index contributed by atoms with van der Waals surface area (Å²) in [7, 11) is 1.53. The van der Waals surface area contributed by atoms with Gasteiger partial charge in [-0.25, -0.2) is 9.18 Å². The van der Waals surface area contributed by atoms with E-state index in [1.165, 1.54) is 28.1 Å². The van der Waals surface area contributed by atoms with Crippen molar-refractivity contribution in [2.75, 3.05) is 0 Å². The van der Waals surface area contributed by atoms with Gasteiger partial charge in [0.2, 0.25) is 0 Å². The molecule has 0 atom stereocenters. The van der Waals surface area contributed by atoms with Gasteiger partial charge in [-0.1, -0.05) is 29.3 Å². The summed E-state index contributed by atoms with van der Waals surface area (Å²) in [6, 6.07) is 10.7. The lowest BCUT2D eigenvalue weighted by Gasteiger charge is -2.09. The largest absolute Gasteiger partial charge is 0.423 e. The van der Waals surface area contributed by atoms with Crippen molar-refractivity contribution in [3.63, 3.8) is 0 Å². The zero-order chi connectivity index (χ0) is 21.9. The van der Waals surface area contributed by atoms with Crippen LogP contribution < -0.4 is 11.2 Å². The molecule has 0 fully saturated rings. The number of aromatic nitrogens is 4. The number of hydrogen-bond acceptors (Lipinski definition) is 4. The molecule has 156 valence electrons. The van der Waals surface area contributed by atoms with E-state index in [-0.39, 0.29) is 29.4 Å². The lowest BCUT2D eigenvalue weighted by atomic mass is 10.2. The van der Waals surface area contributed by atoms with E-state index in [0.29, 0.717) is 26.9 Å². The summed E-state index contributed by atoms with van der Waals surface area (Å²) in [4.78, 5) is 30.4. The fourth-order valence-electron chi connectivity index (χ4n) is 3.46. The Morgan fingerprint density at radius 2 is 1.81 bits per heavy atom. The third-order valence-electron chi connectivity index (χ3n) is 5.04. The van der Waals surface area contributed by atoms with Crippen molar-refractivity contribution in [3.05, 3.63) is 90.9 Å². The van der Waals surface area contributed by atoms with E-state index in [4.69, 9.17) is 27.6 Å². The molecule has 10 heteroatoms. The second-order valence-corrected chi connectivity index (χ2v) is 7.83. The number of fused-ring (bicyclic) bond motifs is 3. The van der Waals surface area contributed by atoms with Crippen LogP contribution in [0.2, 0.25) is 10.0 Å². The van der Waals surface area contributed by atoms with Crippen molar-refractivity contribution in [1.82, 2.24) is 18.5 Å². The highest BCUT2D eigenvalue weighted by Gasteiger charge is 2.20. The molecule has 3 aromatic heterocycles. The zero-order valence-electron chi connectivity index (χ0n) is 16.0. The maximum atomic E-state index is 13.3. The molecule has 0 amide bonds. The number of imidazole rings is 1. The third-order valence-corrected chi connectivity index (χ3v) is 5.78. The summed E-state index contributed by atoms with van der Waals surface area (Å²) in [5, 5.41) is 0.709. The maximum Gasteiger partial charge on any atom is 0.332 e. The van der Waals surface area contributed by atoms with E-state index < -0.39 is 11.2 Å². The molecule has 2 aromatic carbocycles. The van der Waals surface area contributed by atoms with Crippen molar-refractivity contribution in [1.29, 1.82) is 0 Å². The smallest absolute Gasteiger partial charge is 0.332 e. The van der Waals surface area contributed by atoms with E-state index in [9.17, 15) is 14.0 Å². The highest BCUT2D eigenvalue weighted by Crippen LogP contribution is 2.25. The molecule has 0 aliphatic carbocycles. The molecule has 0 spiro atoms. The first kappa shape index (κ1) is 19.6. The van der Waals surface area contributed by atoms with Gasteiger partial charge in [-0.2, -0.15) is 4.98 Å². The van der Waals surface area contributed by atoms with Crippen LogP contribution in [-0.4, -0.2) is 18.5 Å². The van der Waals surface area contributed by atoms with Gasteiger partial charge in [0, 0.05) is 12.6 Å². The molecule has 0 aliphatic rings. The summed E-state index contributed by atoms with van der Waals surface area (Å²) in [6.07, 6.45) is 1.59. The molecule has 0 aliphatic heterocycles. The van der Waals surface area contributed by atoms with E-state index >= 15 is 0 Å². The summed E-state index contributed by atoms with van der Waals surface area (Å²) in [5.41, 5.74) is 0.610. The van der Waals surface area contributed by atoms with Gasteiger partial charge < -0.3 is 4.42 Å². The quantitative estimate of drug-likeness (QED) is 0.407. The minimum absolute atomic E-state index is 0.00817. The van der Waals surface area contributed by atoms with Gasteiger partial charge in [-0.3, -0.25) is 18.3 Å². The predicted molar refractivity (Wildman–Crippen MR) is 115 cm³/mol. The lowest BCUT2D eigenvalue weighted by molar-refractivity contribution is 0.608. The predicted octanol–water partition coefficient (Wildman–Crippen LogP) is 4.10. The fraction of sp³-hybridized carbons (Fsp3) is 0.0952. The monoisotopic (exact) mass is 458 g/mol. The van der Waals surface area contributed by atoms with Gasteiger partial charge >= 0.3 is 11.5 Å². The number of benzene rings is 2. The number of aryl methyl sites for hydroxylation is 1. The van der Waals surface area contributed by atoms with Gasteiger partial charge in [0.05, 0.1) is 22.8 Å². The first-order valence-electron chi connectivity index (χ1n) is 9.15. The molecule has 5 rings (SSSR count). The van der Waals surface area contributed by atoms with Crippen LogP contribution in [0.1, 0.15) is 5.56 Å². The van der Waals surface area contributed by atoms with E-state index in [1.54, 1.807) is 36.5 Å². The van der Waals surface area contributed by atoms with Crippen LogP contribution in [0.25, 0.3) is 28.3 Å². The molecule has 5 aromatic rings. The van der Waals surface area contributed by atoms with Crippen molar-refractivity contribution in [2.24, 2.45) is 7.05 Å².